The number of ether oxygens (including phenoxy) is 1. The van der Waals surface area contributed by atoms with Crippen LogP contribution >= 0.6 is 24.0 Å². The Morgan fingerprint density at radius 3 is 2.59 bits per heavy atom. The molecule has 0 fully saturated rings. The van der Waals surface area contributed by atoms with Gasteiger partial charge in [-0.2, -0.15) is 0 Å². The summed E-state index contributed by atoms with van der Waals surface area (Å²) in [6.07, 6.45) is 0. The van der Waals surface area contributed by atoms with Crippen LogP contribution in [0.4, 0.5) is 0 Å². The van der Waals surface area contributed by atoms with Crippen LogP contribution in [0.25, 0.3) is 10.8 Å². The molecule has 0 aliphatic carbocycles. The maximum Gasteiger partial charge on any atom is 0.191 e. The van der Waals surface area contributed by atoms with Crippen LogP contribution in [0.5, 0.6) is 0 Å². The fourth-order valence-electron chi connectivity index (χ4n) is 2.14. The van der Waals surface area contributed by atoms with E-state index < -0.39 is 0 Å². The molecule has 0 spiro atoms. The van der Waals surface area contributed by atoms with Crippen LogP contribution in [0.15, 0.2) is 47.5 Å². The second-order valence-corrected chi connectivity index (χ2v) is 4.73. The van der Waals surface area contributed by atoms with Crippen LogP contribution < -0.4 is 10.6 Å². The second-order valence-electron chi connectivity index (χ2n) is 4.73. The molecular weight excluding hydrogens is 389 g/mol. The molecule has 0 atom stereocenters. The average molecular weight is 413 g/mol. The summed E-state index contributed by atoms with van der Waals surface area (Å²) in [5, 5.41) is 9.06. The van der Waals surface area contributed by atoms with E-state index in [2.05, 4.69) is 58.1 Å². The van der Waals surface area contributed by atoms with Gasteiger partial charge in [-0.3, -0.25) is 4.99 Å². The molecule has 2 aromatic rings. The largest absolute Gasteiger partial charge is 0.380 e. The van der Waals surface area contributed by atoms with Crippen molar-refractivity contribution < 1.29 is 4.74 Å². The number of hydrogen-bond acceptors (Lipinski definition) is 2. The van der Waals surface area contributed by atoms with Crippen molar-refractivity contribution in [3.63, 3.8) is 0 Å². The number of benzene rings is 2. The van der Waals surface area contributed by atoms with Gasteiger partial charge in [-0.25, -0.2) is 0 Å². The maximum atomic E-state index is 5.29. The molecule has 4 nitrogen and oxygen atoms in total. The minimum Gasteiger partial charge on any atom is -0.380 e. The maximum absolute atomic E-state index is 5.29. The molecule has 0 aliphatic heterocycles. The van der Waals surface area contributed by atoms with Crippen molar-refractivity contribution in [2.24, 2.45) is 4.99 Å². The van der Waals surface area contributed by atoms with E-state index in [0.29, 0.717) is 6.61 Å². The Labute approximate surface area is 149 Å². The van der Waals surface area contributed by atoms with E-state index in [4.69, 9.17) is 4.74 Å². The average Bonchev–Trinajstić information content (AvgIpc) is 2.54. The number of fused-ring (bicyclic) bond motifs is 1. The third-order valence-electron chi connectivity index (χ3n) is 3.24. The van der Waals surface area contributed by atoms with Gasteiger partial charge in [-0.05, 0) is 29.3 Å². The predicted octanol–water partition coefficient (Wildman–Crippen LogP) is 3.16. The van der Waals surface area contributed by atoms with E-state index in [1.807, 2.05) is 6.92 Å². The molecule has 0 saturated heterocycles. The first-order valence-electron chi connectivity index (χ1n) is 7.33. The molecule has 0 saturated carbocycles. The van der Waals surface area contributed by atoms with Crippen LogP contribution in [0.2, 0.25) is 0 Å². The molecule has 0 aromatic heterocycles. The third kappa shape index (κ3) is 5.81. The molecule has 0 unspecified atom stereocenters. The second kappa shape index (κ2) is 10.4. The van der Waals surface area contributed by atoms with Crippen LogP contribution in [-0.2, 0) is 11.3 Å². The number of halogens is 1. The molecule has 0 aliphatic rings. The fraction of sp³-hybridized carbons (Fsp3) is 0.353. The van der Waals surface area contributed by atoms with Crippen LogP contribution in [0.1, 0.15) is 12.5 Å². The molecule has 120 valence electrons. The van der Waals surface area contributed by atoms with Gasteiger partial charge < -0.3 is 15.4 Å². The molecule has 22 heavy (non-hydrogen) atoms. The van der Waals surface area contributed by atoms with Gasteiger partial charge in [-0.15, -0.1) is 24.0 Å². The zero-order valence-corrected chi connectivity index (χ0v) is 15.5. The Balaban J connectivity index is 0.00000242. The first-order chi connectivity index (χ1) is 10.3. The number of hydrogen-bond donors (Lipinski definition) is 2. The normalized spacial score (nSPS) is 11.1. The summed E-state index contributed by atoms with van der Waals surface area (Å²) in [6, 6.07) is 14.9. The van der Waals surface area contributed by atoms with Crippen molar-refractivity contribution in [1.82, 2.24) is 10.6 Å². The van der Waals surface area contributed by atoms with Crippen molar-refractivity contribution in [2.45, 2.75) is 13.5 Å². The number of nitrogens with one attached hydrogen (secondary N) is 2. The minimum absolute atomic E-state index is 0. The van der Waals surface area contributed by atoms with Crippen molar-refractivity contribution >= 4 is 40.7 Å². The van der Waals surface area contributed by atoms with Crippen molar-refractivity contribution in [3.8, 4) is 0 Å². The first-order valence-corrected chi connectivity index (χ1v) is 7.33. The summed E-state index contributed by atoms with van der Waals surface area (Å²) in [7, 11) is 1.77. The summed E-state index contributed by atoms with van der Waals surface area (Å²) >= 11 is 0. The van der Waals surface area contributed by atoms with E-state index in [0.717, 1.165) is 25.7 Å². The van der Waals surface area contributed by atoms with Gasteiger partial charge in [0.2, 0.25) is 0 Å². The molecule has 2 rings (SSSR count). The topological polar surface area (TPSA) is 45.6 Å². The standard InChI is InChI=1S/C17H23N3O.HI/c1-3-21-11-10-19-17(18-2)20-13-14-8-9-15-6-4-5-7-16(15)12-14;/h4-9,12H,3,10-11,13H2,1-2H3,(H2,18,19,20);1H. The third-order valence-corrected chi connectivity index (χ3v) is 3.24. The summed E-state index contributed by atoms with van der Waals surface area (Å²) in [6.45, 7) is 4.93. The lowest BCUT2D eigenvalue weighted by Crippen LogP contribution is -2.38. The Kier molecular flexibility index (Phi) is 8.84. The highest BCUT2D eigenvalue weighted by atomic mass is 127. The quantitative estimate of drug-likeness (QED) is 0.331. The molecule has 0 radical (unpaired) electrons. The predicted molar refractivity (Wildman–Crippen MR) is 104 cm³/mol. The lowest BCUT2D eigenvalue weighted by Gasteiger charge is -2.12. The van der Waals surface area contributed by atoms with Gasteiger partial charge in [-0.1, -0.05) is 36.4 Å². The molecule has 0 heterocycles. The molecule has 2 N–H and O–H groups in total. The Hall–Kier alpha value is -1.34. The Morgan fingerprint density at radius 2 is 1.86 bits per heavy atom. The lowest BCUT2D eigenvalue weighted by atomic mass is 10.1. The number of aliphatic imine (C=N–C) groups is 1. The van der Waals surface area contributed by atoms with E-state index in [1.54, 1.807) is 7.05 Å². The summed E-state index contributed by atoms with van der Waals surface area (Å²) in [4.78, 5) is 4.20. The Bertz CT molecular complexity index is 601. The fourth-order valence-corrected chi connectivity index (χ4v) is 2.14. The van der Waals surface area contributed by atoms with Crippen molar-refractivity contribution in [1.29, 1.82) is 0 Å². The van der Waals surface area contributed by atoms with Crippen LogP contribution in [0, 0.1) is 0 Å². The highest BCUT2D eigenvalue weighted by Gasteiger charge is 1.99. The van der Waals surface area contributed by atoms with Gasteiger partial charge in [0.25, 0.3) is 0 Å². The SMILES string of the molecule is CCOCCNC(=NC)NCc1ccc2ccccc2c1.I. The molecule has 2 aromatic carbocycles. The number of guanidine groups is 1. The molecule has 0 bridgehead atoms. The van der Waals surface area contributed by atoms with Crippen molar-refractivity contribution in [2.75, 3.05) is 26.8 Å². The van der Waals surface area contributed by atoms with E-state index in [9.17, 15) is 0 Å². The Morgan fingerprint density at radius 1 is 1.09 bits per heavy atom. The molecule has 5 heteroatoms. The highest BCUT2D eigenvalue weighted by molar-refractivity contribution is 14.0. The molecule has 0 amide bonds. The zero-order valence-electron chi connectivity index (χ0n) is 13.1. The monoisotopic (exact) mass is 413 g/mol. The smallest absolute Gasteiger partial charge is 0.191 e. The summed E-state index contributed by atoms with van der Waals surface area (Å²) in [5.74, 6) is 0.794. The van der Waals surface area contributed by atoms with Gasteiger partial charge in [0.05, 0.1) is 6.61 Å². The lowest BCUT2D eigenvalue weighted by molar-refractivity contribution is 0.152. The van der Waals surface area contributed by atoms with Gasteiger partial charge >= 0.3 is 0 Å². The number of rotatable bonds is 6. The summed E-state index contributed by atoms with van der Waals surface area (Å²) < 4.78 is 5.29. The van der Waals surface area contributed by atoms with E-state index >= 15 is 0 Å². The number of nitrogens with zero attached hydrogens (tertiary/aromatic N) is 1. The van der Waals surface area contributed by atoms with Gasteiger partial charge in [0.15, 0.2) is 5.96 Å². The van der Waals surface area contributed by atoms with E-state index in [1.165, 1.54) is 16.3 Å². The van der Waals surface area contributed by atoms with E-state index in [-0.39, 0.29) is 24.0 Å². The first kappa shape index (κ1) is 18.7. The van der Waals surface area contributed by atoms with Crippen molar-refractivity contribution in [3.05, 3.63) is 48.0 Å². The minimum atomic E-state index is 0. The zero-order chi connectivity index (χ0) is 14.9. The molecular formula is C17H24IN3O. The summed E-state index contributed by atoms with van der Waals surface area (Å²) in [5.41, 5.74) is 1.24. The van der Waals surface area contributed by atoms with Crippen LogP contribution in [-0.4, -0.2) is 32.8 Å². The highest BCUT2D eigenvalue weighted by Crippen LogP contribution is 2.15. The van der Waals surface area contributed by atoms with Gasteiger partial charge in [0, 0.05) is 26.7 Å². The van der Waals surface area contributed by atoms with Gasteiger partial charge in [0.1, 0.15) is 0 Å². The van der Waals surface area contributed by atoms with Crippen LogP contribution in [0.3, 0.4) is 0 Å².